The molecular weight excluding hydrogens is 1050 g/mol. The number of esters is 8. The van der Waals surface area contributed by atoms with E-state index in [0.717, 1.165) is 66.5 Å². The number of carbonyl (C=O) groups is 9. The fourth-order valence-electron chi connectivity index (χ4n) is 8.31. The summed E-state index contributed by atoms with van der Waals surface area (Å²) in [7, 11) is 0. The number of ether oxygens (including phenoxy) is 14. The number of benzene rings is 4. The molecule has 2 saturated heterocycles. The Labute approximate surface area is 459 Å². The summed E-state index contributed by atoms with van der Waals surface area (Å²) in [6, 6.07) is 26.9. The Balaban J connectivity index is 1.36. The standard InChI is InChI=1S/C57H60O23/c1-31(58)67-29-48-50(71-33(3)60)52(73-35(5)62)54(75-37(7)64)56(79-48)77-42-21-19-41(46(25-42)69-27-39-15-11-9-12-16-39)20-24-45(66)44-23-22-43(26-47(44)70-28-40-17-13-10-14-18-40)78-57-55(76-38(8)65)53(74-36(6)63)51(72-34(4)61)49(80-57)30-68-32(2)59/h9-26,48-57H,27-30H2,1-8H3/t48-,49-,50-,51-,52+,53+,54-,55-,56?,57?/m1/s1. The van der Waals surface area contributed by atoms with Crippen LogP contribution in [0, 0.1) is 0 Å². The van der Waals surface area contributed by atoms with Crippen LogP contribution in [0.5, 0.6) is 23.0 Å². The predicted molar refractivity (Wildman–Crippen MR) is 273 cm³/mol. The van der Waals surface area contributed by atoms with Crippen LogP contribution in [0.25, 0.3) is 6.08 Å². The van der Waals surface area contributed by atoms with Gasteiger partial charge in [0.05, 0.1) is 5.56 Å². The van der Waals surface area contributed by atoms with Gasteiger partial charge in [0.1, 0.15) is 61.6 Å². The van der Waals surface area contributed by atoms with E-state index in [1.807, 2.05) is 36.4 Å². The highest BCUT2D eigenvalue weighted by molar-refractivity contribution is 6.09. The molecule has 80 heavy (non-hydrogen) atoms. The Kier molecular flexibility index (Phi) is 21.7. The molecule has 0 aliphatic carbocycles. The summed E-state index contributed by atoms with van der Waals surface area (Å²) in [6.45, 7) is 7.87. The van der Waals surface area contributed by atoms with Gasteiger partial charge in [-0.15, -0.1) is 0 Å². The normalized spacial score (nSPS) is 22.2. The van der Waals surface area contributed by atoms with Gasteiger partial charge in [-0.1, -0.05) is 60.7 Å². The first-order chi connectivity index (χ1) is 38.1. The summed E-state index contributed by atoms with van der Waals surface area (Å²) in [6.07, 6.45) is -12.0. The van der Waals surface area contributed by atoms with Crippen molar-refractivity contribution in [1.82, 2.24) is 0 Å². The van der Waals surface area contributed by atoms with Gasteiger partial charge in [0.2, 0.25) is 24.8 Å². The Morgan fingerprint density at radius 1 is 0.425 bits per heavy atom. The maximum absolute atomic E-state index is 14.4. The lowest BCUT2D eigenvalue weighted by Gasteiger charge is -2.43. The van der Waals surface area contributed by atoms with Crippen molar-refractivity contribution in [1.29, 1.82) is 0 Å². The zero-order valence-corrected chi connectivity index (χ0v) is 44.9. The van der Waals surface area contributed by atoms with Gasteiger partial charge in [-0.05, 0) is 47.5 Å². The lowest BCUT2D eigenvalue weighted by Crippen LogP contribution is -2.63. The van der Waals surface area contributed by atoms with Crippen molar-refractivity contribution in [3.05, 3.63) is 125 Å². The van der Waals surface area contributed by atoms with Crippen molar-refractivity contribution in [2.45, 2.75) is 130 Å². The minimum absolute atomic E-state index is 0.00154. The van der Waals surface area contributed by atoms with Gasteiger partial charge in [-0.2, -0.15) is 0 Å². The average Bonchev–Trinajstić information content (AvgIpc) is 3.54. The summed E-state index contributed by atoms with van der Waals surface area (Å²) in [5.41, 5.74) is 1.91. The van der Waals surface area contributed by atoms with Crippen molar-refractivity contribution in [3.63, 3.8) is 0 Å². The van der Waals surface area contributed by atoms with Crippen LogP contribution in [0.15, 0.2) is 103 Å². The highest BCUT2D eigenvalue weighted by atomic mass is 16.7. The highest BCUT2D eigenvalue weighted by Crippen LogP contribution is 2.36. The molecule has 2 aliphatic heterocycles. The number of rotatable bonds is 23. The largest absolute Gasteiger partial charge is 0.488 e. The van der Waals surface area contributed by atoms with E-state index in [1.54, 1.807) is 30.3 Å². The minimum Gasteiger partial charge on any atom is -0.488 e. The lowest BCUT2D eigenvalue weighted by atomic mass is 9.98. The van der Waals surface area contributed by atoms with Crippen LogP contribution in [-0.2, 0) is 98.9 Å². The first-order valence-electron chi connectivity index (χ1n) is 24.9. The van der Waals surface area contributed by atoms with Crippen LogP contribution >= 0.6 is 0 Å². The molecule has 2 unspecified atom stereocenters. The van der Waals surface area contributed by atoms with Gasteiger partial charge in [0.15, 0.2) is 30.2 Å². The second kappa shape index (κ2) is 28.7. The monoisotopic (exact) mass is 1110 g/mol. The van der Waals surface area contributed by atoms with E-state index in [-0.39, 0.29) is 41.8 Å². The van der Waals surface area contributed by atoms with E-state index in [1.165, 1.54) is 42.5 Å². The number of ketones is 1. The Bertz CT molecular complexity index is 2890. The Morgan fingerprint density at radius 3 is 1.21 bits per heavy atom. The van der Waals surface area contributed by atoms with Crippen LogP contribution in [0.4, 0.5) is 0 Å². The van der Waals surface area contributed by atoms with Gasteiger partial charge >= 0.3 is 47.8 Å². The molecular formula is C57H60O23. The molecule has 6 rings (SSSR count). The molecule has 0 amide bonds. The molecule has 2 fully saturated rings. The molecule has 0 radical (unpaired) electrons. The van der Waals surface area contributed by atoms with Crippen molar-refractivity contribution in [3.8, 4) is 23.0 Å². The van der Waals surface area contributed by atoms with E-state index in [2.05, 4.69) is 0 Å². The smallest absolute Gasteiger partial charge is 0.303 e. The molecule has 10 atom stereocenters. The lowest BCUT2D eigenvalue weighted by molar-refractivity contribution is -0.288. The molecule has 23 heteroatoms. The van der Waals surface area contributed by atoms with Gasteiger partial charge in [0.25, 0.3) is 0 Å². The summed E-state index contributed by atoms with van der Waals surface area (Å²) in [4.78, 5) is 113. The van der Waals surface area contributed by atoms with Crippen molar-refractivity contribution < 1.29 is 109 Å². The van der Waals surface area contributed by atoms with E-state index >= 15 is 0 Å². The van der Waals surface area contributed by atoms with Gasteiger partial charge < -0.3 is 66.3 Å². The third-order valence-corrected chi connectivity index (χ3v) is 11.5. The minimum atomic E-state index is -1.60. The van der Waals surface area contributed by atoms with E-state index in [9.17, 15) is 43.2 Å². The average molecular weight is 1110 g/mol. The molecule has 0 aromatic heterocycles. The third kappa shape index (κ3) is 17.9. The van der Waals surface area contributed by atoms with Gasteiger partial charge in [-0.3, -0.25) is 43.2 Å². The van der Waals surface area contributed by atoms with Gasteiger partial charge in [0, 0.05) is 73.1 Å². The SMILES string of the molecule is CC(=O)OC[C@H]1OC(Oc2ccc(C=CC(=O)c3ccc(OC4O[C@H](COC(C)=O)[C@@H](OC(C)=O)[C@H](OC(C)=O)[C@H]4OC(C)=O)cc3OCc3ccccc3)c(OCc3ccccc3)c2)[C@H](OC(C)=O)[C@@H](OC(C)=O)[C@@H]1OC(C)=O. The Morgan fingerprint density at radius 2 is 0.800 bits per heavy atom. The molecule has 2 aliphatic rings. The molecule has 23 nitrogen and oxygen atoms in total. The molecule has 426 valence electrons. The quantitative estimate of drug-likeness (QED) is 0.0374. The van der Waals surface area contributed by atoms with E-state index in [4.69, 9.17) is 66.3 Å². The number of hydrogen-bond acceptors (Lipinski definition) is 23. The van der Waals surface area contributed by atoms with Crippen LogP contribution in [0.2, 0.25) is 0 Å². The van der Waals surface area contributed by atoms with E-state index in [0.29, 0.717) is 5.56 Å². The van der Waals surface area contributed by atoms with Crippen LogP contribution in [-0.4, -0.2) is 128 Å². The number of carbonyl (C=O) groups excluding carboxylic acids is 9. The predicted octanol–water partition coefficient (Wildman–Crippen LogP) is 5.66. The van der Waals surface area contributed by atoms with Crippen LogP contribution in [0.3, 0.4) is 0 Å². The van der Waals surface area contributed by atoms with Crippen molar-refractivity contribution in [2.24, 2.45) is 0 Å². The maximum Gasteiger partial charge on any atom is 0.303 e. The molecule has 0 spiro atoms. The second-order valence-corrected chi connectivity index (χ2v) is 18.0. The summed E-state index contributed by atoms with van der Waals surface area (Å²) in [5.74, 6) is -6.71. The zero-order chi connectivity index (χ0) is 58.0. The summed E-state index contributed by atoms with van der Waals surface area (Å²) < 4.78 is 81.0. The fraction of sp³-hybridized carbons (Fsp3) is 0.386. The molecule has 0 saturated carbocycles. The summed E-state index contributed by atoms with van der Waals surface area (Å²) in [5, 5.41) is 0. The van der Waals surface area contributed by atoms with Crippen molar-refractivity contribution in [2.75, 3.05) is 13.2 Å². The van der Waals surface area contributed by atoms with Crippen molar-refractivity contribution >= 4 is 59.6 Å². The second-order valence-electron chi connectivity index (χ2n) is 18.0. The highest BCUT2D eigenvalue weighted by Gasteiger charge is 2.55. The van der Waals surface area contributed by atoms with E-state index < -0.39 is 128 Å². The van der Waals surface area contributed by atoms with Crippen LogP contribution < -0.4 is 18.9 Å². The first kappa shape index (κ1) is 60.4. The first-order valence-corrected chi connectivity index (χ1v) is 24.9. The Hall–Kier alpha value is -8.83. The molecule has 4 aromatic rings. The topological polar surface area (TPSA) is 283 Å². The molecule has 0 N–H and O–H groups in total. The third-order valence-electron chi connectivity index (χ3n) is 11.5. The fourth-order valence-corrected chi connectivity index (χ4v) is 8.31. The molecule has 0 bridgehead atoms. The number of hydrogen-bond donors (Lipinski definition) is 0. The zero-order valence-electron chi connectivity index (χ0n) is 44.9. The number of allylic oxidation sites excluding steroid dienone is 1. The van der Waals surface area contributed by atoms with Crippen LogP contribution in [0.1, 0.15) is 82.4 Å². The van der Waals surface area contributed by atoms with Gasteiger partial charge in [-0.25, -0.2) is 0 Å². The summed E-state index contributed by atoms with van der Waals surface area (Å²) >= 11 is 0. The maximum atomic E-state index is 14.4. The molecule has 4 aromatic carbocycles. The molecule has 2 heterocycles.